The van der Waals surface area contributed by atoms with Gasteiger partial charge in [-0.3, -0.25) is 5.73 Å². The van der Waals surface area contributed by atoms with Gasteiger partial charge < -0.3 is 19.1 Å². The van der Waals surface area contributed by atoms with Gasteiger partial charge >= 0.3 is 0 Å². The summed E-state index contributed by atoms with van der Waals surface area (Å²) in [6.07, 6.45) is 2.21. The molecule has 0 saturated carbocycles. The van der Waals surface area contributed by atoms with E-state index in [-0.39, 0.29) is 0 Å². The molecule has 0 amide bonds. The van der Waals surface area contributed by atoms with Crippen LogP contribution in [0.25, 0.3) is 28.1 Å². The number of aromatic nitrogens is 1. The van der Waals surface area contributed by atoms with Crippen LogP contribution in [-0.4, -0.2) is 28.4 Å². The number of nitrogens with two attached hydrogens (primary N) is 1. The standard InChI is InChI=1S/C34H31N3O3S/c1-36-28-15-13-23(34-29(39-3)11-8-12-30(34)40-4)17-31(28)41-33(36)19-24-18-32(35)37(21-22-9-6-5-7-10-22)27-16-14-25(38-2)20-26(24)27/h5-20,35H,21H2,1-4H3/p+1. The van der Waals surface area contributed by atoms with Gasteiger partial charge in [0.15, 0.2) is 0 Å². The molecular weight excluding hydrogens is 530 g/mol. The van der Waals surface area contributed by atoms with Crippen LogP contribution in [0, 0.1) is 0 Å². The molecule has 0 radical (unpaired) electrons. The molecule has 0 saturated heterocycles. The van der Waals surface area contributed by atoms with Gasteiger partial charge in [-0.1, -0.05) is 54.2 Å². The van der Waals surface area contributed by atoms with Crippen molar-refractivity contribution in [2.24, 2.45) is 0 Å². The second-order valence-electron chi connectivity index (χ2n) is 9.84. The molecule has 0 atom stereocenters. The van der Waals surface area contributed by atoms with Crippen molar-refractivity contribution in [1.82, 2.24) is 0 Å². The monoisotopic (exact) mass is 562 g/mol. The van der Waals surface area contributed by atoms with Gasteiger partial charge in [0.2, 0.25) is 0 Å². The van der Waals surface area contributed by atoms with Crippen LogP contribution in [-0.2, 0) is 6.54 Å². The van der Waals surface area contributed by atoms with Crippen LogP contribution in [0.3, 0.4) is 0 Å². The van der Waals surface area contributed by atoms with E-state index in [1.807, 2.05) is 30.3 Å². The first-order chi connectivity index (χ1) is 20.0. The normalized spacial score (nSPS) is 13.5. The fraction of sp³-hybridized carbons (Fsp3) is 0.147. The van der Waals surface area contributed by atoms with Gasteiger partial charge in [0, 0.05) is 23.4 Å². The Labute approximate surface area is 244 Å². The summed E-state index contributed by atoms with van der Waals surface area (Å²) in [5.74, 6) is 3.06. The van der Waals surface area contributed by atoms with E-state index < -0.39 is 0 Å². The first-order valence-corrected chi connectivity index (χ1v) is 14.1. The van der Waals surface area contributed by atoms with Crippen molar-refractivity contribution >= 4 is 40.2 Å². The Morgan fingerprint density at radius 3 is 2.29 bits per heavy atom. The predicted octanol–water partition coefficient (Wildman–Crippen LogP) is 6.99. The maximum atomic E-state index is 6.70. The number of methoxy groups -OCH3 is 3. The van der Waals surface area contributed by atoms with Crippen LogP contribution in [0.5, 0.6) is 17.2 Å². The van der Waals surface area contributed by atoms with Gasteiger partial charge in [-0.2, -0.15) is 0 Å². The lowest BCUT2D eigenvalue weighted by atomic mass is 10.0. The number of nitrogen functional groups attached to an aromatic ring is 1. The summed E-state index contributed by atoms with van der Waals surface area (Å²) in [7, 11) is 7.16. The van der Waals surface area contributed by atoms with E-state index in [0.29, 0.717) is 12.4 Å². The quantitative estimate of drug-likeness (QED) is 0.216. The Morgan fingerprint density at radius 2 is 1.59 bits per heavy atom. The SMILES string of the molecule is COc1ccc2c(c1)c(C=C1Sc3cc(-c4c(OC)cccc4OC)ccc3N1C)cc(N)[n+]2Cc1ccccc1. The molecule has 41 heavy (non-hydrogen) atoms. The summed E-state index contributed by atoms with van der Waals surface area (Å²) in [5.41, 5.74) is 13.1. The molecule has 4 aromatic carbocycles. The lowest BCUT2D eigenvalue weighted by molar-refractivity contribution is -0.647. The Morgan fingerprint density at radius 1 is 0.829 bits per heavy atom. The van der Waals surface area contributed by atoms with Crippen molar-refractivity contribution in [2.45, 2.75) is 11.4 Å². The molecule has 6 nitrogen and oxygen atoms in total. The molecule has 1 aromatic heterocycles. The van der Waals surface area contributed by atoms with Crippen LogP contribution in [0.4, 0.5) is 11.5 Å². The zero-order valence-corrected chi connectivity index (χ0v) is 24.4. The number of pyridine rings is 1. The van der Waals surface area contributed by atoms with Crippen molar-refractivity contribution in [3.05, 3.63) is 107 Å². The molecule has 1 aliphatic rings. The second-order valence-corrected chi connectivity index (χ2v) is 10.9. The number of ether oxygens (including phenoxy) is 3. The van der Waals surface area contributed by atoms with Crippen molar-refractivity contribution in [3.63, 3.8) is 0 Å². The number of hydrogen-bond donors (Lipinski definition) is 1. The molecule has 206 valence electrons. The van der Waals surface area contributed by atoms with Gasteiger partial charge in [-0.15, -0.1) is 0 Å². The van der Waals surface area contributed by atoms with Gasteiger partial charge in [-0.25, -0.2) is 4.57 Å². The van der Waals surface area contributed by atoms with Gasteiger partial charge in [0.05, 0.1) is 37.6 Å². The summed E-state index contributed by atoms with van der Waals surface area (Å²) in [6, 6.07) is 30.9. The fourth-order valence-corrected chi connectivity index (χ4v) is 6.49. The minimum absolute atomic E-state index is 0.682. The van der Waals surface area contributed by atoms with Crippen LogP contribution in [0.1, 0.15) is 11.1 Å². The van der Waals surface area contributed by atoms with Crippen LogP contribution < -0.4 is 29.4 Å². The number of thioether (sulfide) groups is 1. The maximum absolute atomic E-state index is 6.70. The minimum atomic E-state index is 0.682. The second kappa shape index (κ2) is 11.1. The molecule has 2 N–H and O–H groups in total. The topological polar surface area (TPSA) is 60.8 Å². The van der Waals surface area contributed by atoms with Crippen molar-refractivity contribution < 1.29 is 18.8 Å². The Kier molecular flexibility index (Phi) is 7.20. The molecule has 0 fully saturated rings. The summed E-state index contributed by atoms with van der Waals surface area (Å²) in [4.78, 5) is 3.38. The lowest BCUT2D eigenvalue weighted by Crippen LogP contribution is -2.38. The van der Waals surface area contributed by atoms with Crippen LogP contribution >= 0.6 is 11.8 Å². The Hall–Kier alpha value is -4.62. The summed E-state index contributed by atoms with van der Waals surface area (Å²) in [6.45, 7) is 0.682. The van der Waals surface area contributed by atoms with E-state index in [1.165, 1.54) is 5.56 Å². The van der Waals surface area contributed by atoms with E-state index in [4.69, 9.17) is 19.9 Å². The predicted molar refractivity (Wildman–Crippen MR) is 168 cm³/mol. The molecule has 0 spiro atoms. The summed E-state index contributed by atoms with van der Waals surface area (Å²) < 4.78 is 19.1. The first kappa shape index (κ1) is 26.6. The molecule has 0 aliphatic carbocycles. The third-order valence-electron chi connectivity index (χ3n) is 7.47. The highest BCUT2D eigenvalue weighted by Crippen LogP contribution is 2.49. The first-order valence-electron chi connectivity index (χ1n) is 13.3. The molecular formula is C34H32N3O3S+. The zero-order valence-electron chi connectivity index (χ0n) is 23.5. The molecule has 7 heteroatoms. The number of hydrogen-bond acceptors (Lipinski definition) is 6. The molecule has 0 unspecified atom stereocenters. The van der Waals surface area contributed by atoms with Gasteiger partial charge in [0.25, 0.3) is 5.82 Å². The van der Waals surface area contributed by atoms with Crippen molar-refractivity contribution in [2.75, 3.05) is 39.0 Å². The smallest absolute Gasteiger partial charge is 0.273 e. The highest BCUT2D eigenvalue weighted by molar-refractivity contribution is 8.03. The van der Waals surface area contributed by atoms with E-state index in [2.05, 4.69) is 83.3 Å². The fourth-order valence-electron chi connectivity index (χ4n) is 5.35. The maximum Gasteiger partial charge on any atom is 0.273 e. The third kappa shape index (κ3) is 4.93. The number of anilines is 2. The molecule has 2 heterocycles. The highest BCUT2D eigenvalue weighted by atomic mass is 32.2. The molecule has 0 bridgehead atoms. The average molecular weight is 563 g/mol. The molecule has 1 aliphatic heterocycles. The average Bonchev–Trinajstić information content (AvgIpc) is 3.32. The number of benzene rings is 4. The van der Waals surface area contributed by atoms with E-state index >= 15 is 0 Å². The molecule has 5 aromatic rings. The van der Waals surface area contributed by atoms with Gasteiger partial charge in [-0.05, 0) is 65.2 Å². The minimum Gasteiger partial charge on any atom is -0.497 e. The van der Waals surface area contributed by atoms with Crippen LogP contribution in [0.15, 0.2) is 101 Å². The lowest BCUT2D eigenvalue weighted by Gasteiger charge is -2.16. The summed E-state index contributed by atoms with van der Waals surface area (Å²) >= 11 is 1.73. The van der Waals surface area contributed by atoms with Crippen molar-refractivity contribution in [3.8, 4) is 28.4 Å². The van der Waals surface area contributed by atoms with Gasteiger partial charge in [0.1, 0.15) is 29.3 Å². The largest absolute Gasteiger partial charge is 0.497 e. The molecule has 6 rings (SSSR count). The number of nitrogens with zero attached hydrogens (tertiary/aromatic N) is 2. The van der Waals surface area contributed by atoms with Crippen LogP contribution in [0.2, 0.25) is 0 Å². The Balaban J connectivity index is 1.42. The van der Waals surface area contributed by atoms with Crippen molar-refractivity contribution in [1.29, 1.82) is 0 Å². The summed E-state index contributed by atoms with van der Waals surface area (Å²) in [5, 5.41) is 2.18. The van der Waals surface area contributed by atoms with E-state index in [9.17, 15) is 0 Å². The number of rotatable bonds is 7. The highest BCUT2D eigenvalue weighted by Gasteiger charge is 2.25. The third-order valence-corrected chi connectivity index (χ3v) is 8.61. The van der Waals surface area contributed by atoms with E-state index in [0.717, 1.165) is 60.5 Å². The zero-order chi connectivity index (χ0) is 28.5. The number of fused-ring (bicyclic) bond motifs is 2. The Bertz CT molecular complexity index is 1760. The van der Waals surface area contributed by atoms with E-state index in [1.54, 1.807) is 33.1 Å².